The Morgan fingerprint density at radius 3 is 2.79 bits per heavy atom. The second kappa shape index (κ2) is 4.41. The summed E-state index contributed by atoms with van der Waals surface area (Å²) in [7, 11) is 0. The van der Waals surface area contributed by atoms with Crippen LogP contribution in [0.2, 0.25) is 0 Å². The molecule has 1 saturated carbocycles. The summed E-state index contributed by atoms with van der Waals surface area (Å²) in [5.41, 5.74) is 0. The van der Waals surface area contributed by atoms with E-state index in [1.165, 1.54) is 0 Å². The van der Waals surface area contributed by atoms with Crippen LogP contribution in [0.3, 0.4) is 0 Å². The van der Waals surface area contributed by atoms with Gasteiger partial charge in [0.1, 0.15) is 6.10 Å². The van der Waals surface area contributed by atoms with E-state index in [1.807, 2.05) is 6.92 Å². The third kappa shape index (κ3) is 2.15. The van der Waals surface area contributed by atoms with Gasteiger partial charge in [0.15, 0.2) is 5.78 Å². The molecule has 2 atom stereocenters. The highest BCUT2D eigenvalue weighted by Crippen LogP contribution is 2.36. The molecule has 1 aliphatic carbocycles. The molecule has 0 aromatic rings. The molecule has 0 bridgehead atoms. The average molecular weight is 198 g/mol. The Balaban J connectivity index is 1.91. The summed E-state index contributed by atoms with van der Waals surface area (Å²) >= 11 is 0. The summed E-state index contributed by atoms with van der Waals surface area (Å²) in [6, 6.07) is 0. The smallest absolute Gasteiger partial charge is 0.167 e. The van der Waals surface area contributed by atoms with Gasteiger partial charge >= 0.3 is 0 Å². The molecule has 14 heavy (non-hydrogen) atoms. The van der Waals surface area contributed by atoms with E-state index in [1.54, 1.807) is 0 Å². The lowest BCUT2D eigenvalue weighted by Gasteiger charge is -2.17. The predicted molar refractivity (Wildman–Crippen MR) is 52.1 cm³/mol. The van der Waals surface area contributed by atoms with Crippen LogP contribution in [0.15, 0.2) is 0 Å². The van der Waals surface area contributed by atoms with Crippen molar-refractivity contribution in [3.8, 4) is 0 Å². The molecule has 2 rings (SSSR count). The molecule has 0 N–H and O–H groups in total. The molecule has 2 fully saturated rings. The van der Waals surface area contributed by atoms with E-state index in [4.69, 9.17) is 9.47 Å². The third-order valence-corrected chi connectivity index (χ3v) is 3.01. The first-order valence-corrected chi connectivity index (χ1v) is 5.56. The van der Waals surface area contributed by atoms with Crippen LogP contribution in [0.1, 0.15) is 26.2 Å². The van der Waals surface area contributed by atoms with Crippen molar-refractivity contribution < 1.29 is 14.3 Å². The predicted octanol–water partition coefficient (Wildman–Crippen LogP) is 1.41. The zero-order valence-electron chi connectivity index (χ0n) is 8.70. The molecule has 0 radical (unpaired) electrons. The molecule has 80 valence electrons. The number of carbonyl (C=O) groups excluding carboxylic acids is 1. The van der Waals surface area contributed by atoms with Crippen LogP contribution >= 0.6 is 0 Å². The first-order chi connectivity index (χ1) is 6.83. The molecular weight excluding hydrogens is 180 g/mol. The van der Waals surface area contributed by atoms with Crippen LogP contribution in [0.5, 0.6) is 0 Å². The SMILES string of the molecule is CCOC(C(=O)C1CCOC1)C1CC1. The molecule has 0 aromatic heterocycles. The summed E-state index contributed by atoms with van der Waals surface area (Å²) < 4.78 is 10.8. The lowest BCUT2D eigenvalue weighted by atomic mass is 9.96. The van der Waals surface area contributed by atoms with Crippen LogP contribution in [0.25, 0.3) is 0 Å². The molecule has 3 nitrogen and oxygen atoms in total. The standard InChI is InChI=1S/C11H18O3/c1-2-14-11(8-3-4-8)10(12)9-5-6-13-7-9/h8-9,11H,2-7H2,1H3. The van der Waals surface area contributed by atoms with Gasteiger partial charge in [-0.05, 0) is 32.1 Å². The monoisotopic (exact) mass is 198 g/mol. The van der Waals surface area contributed by atoms with Gasteiger partial charge < -0.3 is 9.47 Å². The Morgan fingerprint density at radius 2 is 2.29 bits per heavy atom. The second-order valence-corrected chi connectivity index (χ2v) is 4.18. The lowest BCUT2D eigenvalue weighted by Crippen LogP contribution is -2.32. The van der Waals surface area contributed by atoms with Crippen molar-refractivity contribution in [3.63, 3.8) is 0 Å². The van der Waals surface area contributed by atoms with E-state index in [-0.39, 0.29) is 17.8 Å². The molecule has 1 aliphatic heterocycles. The van der Waals surface area contributed by atoms with Crippen LogP contribution in [-0.4, -0.2) is 31.7 Å². The van der Waals surface area contributed by atoms with E-state index in [9.17, 15) is 4.79 Å². The minimum absolute atomic E-state index is 0.104. The van der Waals surface area contributed by atoms with Gasteiger partial charge in [0, 0.05) is 19.1 Å². The van der Waals surface area contributed by atoms with E-state index in [2.05, 4.69) is 0 Å². The fraction of sp³-hybridized carbons (Fsp3) is 0.909. The topological polar surface area (TPSA) is 35.5 Å². The molecule has 2 aliphatic rings. The maximum absolute atomic E-state index is 12.0. The zero-order chi connectivity index (χ0) is 9.97. The van der Waals surface area contributed by atoms with Gasteiger partial charge in [0.05, 0.1) is 6.61 Å². The Kier molecular flexibility index (Phi) is 3.19. The molecule has 0 amide bonds. The Labute approximate surface area is 84.8 Å². The van der Waals surface area contributed by atoms with Crippen molar-refractivity contribution in [1.29, 1.82) is 0 Å². The fourth-order valence-electron chi connectivity index (χ4n) is 2.02. The molecule has 0 spiro atoms. The maximum Gasteiger partial charge on any atom is 0.167 e. The number of rotatable bonds is 5. The number of Topliss-reactive ketones (excluding diaryl/α,β-unsaturated/α-hetero) is 1. The molecule has 2 unspecified atom stereocenters. The molecule has 1 saturated heterocycles. The van der Waals surface area contributed by atoms with Gasteiger partial charge in [0.25, 0.3) is 0 Å². The van der Waals surface area contributed by atoms with Crippen molar-refractivity contribution in [1.82, 2.24) is 0 Å². The number of ether oxygens (including phenoxy) is 2. The number of ketones is 1. The molecule has 0 aromatic carbocycles. The quantitative estimate of drug-likeness (QED) is 0.670. The van der Waals surface area contributed by atoms with Gasteiger partial charge in [-0.2, -0.15) is 0 Å². The highest BCUT2D eigenvalue weighted by molar-refractivity contribution is 5.86. The van der Waals surface area contributed by atoms with E-state index >= 15 is 0 Å². The molecule has 1 heterocycles. The highest BCUT2D eigenvalue weighted by atomic mass is 16.5. The lowest BCUT2D eigenvalue weighted by molar-refractivity contribution is -0.135. The van der Waals surface area contributed by atoms with Crippen molar-refractivity contribution in [2.45, 2.75) is 32.3 Å². The third-order valence-electron chi connectivity index (χ3n) is 3.01. The highest BCUT2D eigenvalue weighted by Gasteiger charge is 2.40. The average Bonchev–Trinajstić information content (AvgIpc) is 2.88. The van der Waals surface area contributed by atoms with E-state index in [0.717, 1.165) is 25.9 Å². The van der Waals surface area contributed by atoms with Crippen LogP contribution in [-0.2, 0) is 14.3 Å². The number of hydrogen-bond donors (Lipinski definition) is 0. The second-order valence-electron chi connectivity index (χ2n) is 4.18. The fourth-order valence-corrected chi connectivity index (χ4v) is 2.02. The van der Waals surface area contributed by atoms with Gasteiger partial charge in [0.2, 0.25) is 0 Å². The molecule has 3 heteroatoms. The van der Waals surface area contributed by atoms with Gasteiger partial charge in [-0.15, -0.1) is 0 Å². The molecular formula is C11H18O3. The van der Waals surface area contributed by atoms with E-state index in [0.29, 0.717) is 19.1 Å². The van der Waals surface area contributed by atoms with Crippen molar-refractivity contribution in [3.05, 3.63) is 0 Å². The Bertz CT molecular complexity index is 205. The van der Waals surface area contributed by atoms with Crippen molar-refractivity contribution in [2.75, 3.05) is 19.8 Å². The minimum Gasteiger partial charge on any atom is -0.381 e. The van der Waals surface area contributed by atoms with Crippen LogP contribution < -0.4 is 0 Å². The van der Waals surface area contributed by atoms with Gasteiger partial charge in [-0.1, -0.05) is 0 Å². The first kappa shape index (κ1) is 10.1. The number of hydrogen-bond acceptors (Lipinski definition) is 3. The van der Waals surface area contributed by atoms with Gasteiger partial charge in [-0.25, -0.2) is 0 Å². The summed E-state index contributed by atoms with van der Waals surface area (Å²) in [6.45, 7) is 3.93. The summed E-state index contributed by atoms with van der Waals surface area (Å²) in [4.78, 5) is 12.0. The first-order valence-electron chi connectivity index (χ1n) is 5.56. The Morgan fingerprint density at radius 1 is 1.50 bits per heavy atom. The largest absolute Gasteiger partial charge is 0.381 e. The minimum atomic E-state index is -0.133. The normalized spacial score (nSPS) is 29.1. The van der Waals surface area contributed by atoms with E-state index < -0.39 is 0 Å². The number of carbonyl (C=O) groups is 1. The summed E-state index contributed by atoms with van der Waals surface area (Å²) in [5, 5.41) is 0. The van der Waals surface area contributed by atoms with Gasteiger partial charge in [-0.3, -0.25) is 4.79 Å². The maximum atomic E-state index is 12.0. The van der Waals surface area contributed by atoms with Crippen LogP contribution in [0.4, 0.5) is 0 Å². The van der Waals surface area contributed by atoms with Crippen molar-refractivity contribution in [2.24, 2.45) is 11.8 Å². The van der Waals surface area contributed by atoms with Crippen molar-refractivity contribution >= 4 is 5.78 Å². The zero-order valence-corrected chi connectivity index (χ0v) is 8.70. The summed E-state index contributed by atoms with van der Waals surface area (Å²) in [6.07, 6.45) is 3.06. The summed E-state index contributed by atoms with van der Waals surface area (Å²) in [5.74, 6) is 0.891. The Hall–Kier alpha value is -0.410. The van der Waals surface area contributed by atoms with Crippen LogP contribution in [0, 0.1) is 11.8 Å².